The second-order valence-electron chi connectivity index (χ2n) is 6.13. The fraction of sp³-hybridized carbons (Fsp3) is 0.421. The first kappa shape index (κ1) is 16.9. The van der Waals surface area contributed by atoms with E-state index in [1.807, 2.05) is 54.7 Å². The van der Waals surface area contributed by atoms with Gasteiger partial charge in [-0.2, -0.15) is 0 Å². The van der Waals surface area contributed by atoms with E-state index in [0.29, 0.717) is 19.8 Å². The third-order valence-electron chi connectivity index (χ3n) is 4.24. The number of rotatable bonds is 7. The molecule has 1 fully saturated rings. The number of aliphatic hydroxyl groups excluding tert-OH is 1. The number of pyridine rings is 1. The lowest BCUT2D eigenvalue weighted by Crippen LogP contribution is -2.49. The zero-order chi connectivity index (χ0) is 16.6. The summed E-state index contributed by atoms with van der Waals surface area (Å²) in [6, 6.07) is 16.0. The number of aliphatic hydroxyl groups is 1. The van der Waals surface area contributed by atoms with Gasteiger partial charge in [0.05, 0.1) is 19.3 Å². The molecule has 2 aromatic rings. The lowest BCUT2D eigenvalue weighted by molar-refractivity contribution is 0.00912. The third-order valence-corrected chi connectivity index (χ3v) is 4.24. The number of aromatic nitrogens is 1. The van der Waals surface area contributed by atoms with Crippen LogP contribution in [0, 0.1) is 0 Å². The van der Waals surface area contributed by atoms with Crippen molar-refractivity contribution >= 4 is 5.82 Å². The molecular weight excluding hydrogens is 302 g/mol. The highest BCUT2D eigenvalue weighted by Gasteiger charge is 2.19. The van der Waals surface area contributed by atoms with Crippen molar-refractivity contribution in [2.75, 3.05) is 44.2 Å². The van der Waals surface area contributed by atoms with Crippen LogP contribution in [0.1, 0.15) is 5.56 Å². The lowest BCUT2D eigenvalue weighted by atomic mass is 10.2. The Hall–Kier alpha value is -1.95. The van der Waals surface area contributed by atoms with Crippen LogP contribution in [0.2, 0.25) is 0 Å². The first-order valence-electron chi connectivity index (χ1n) is 8.49. The van der Waals surface area contributed by atoms with Gasteiger partial charge in [-0.25, -0.2) is 4.98 Å². The van der Waals surface area contributed by atoms with Gasteiger partial charge >= 0.3 is 0 Å². The van der Waals surface area contributed by atoms with Crippen LogP contribution in [0.15, 0.2) is 54.7 Å². The average molecular weight is 327 g/mol. The minimum Gasteiger partial charge on any atom is -0.389 e. The average Bonchev–Trinajstić information content (AvgIpc) is 2.64. The topological polar surface area (TPSA) is 48.8 Å². The highest BCUT2D eigenvalue weighted by Crippen LogP contribution is 2.12. The summed E-state index contributed by atoms with van der Waals surface area (Å²) in [5, 5.41) is 10.2. The van der Waals surface area contributed by atoms with Gasteiger partial charge < -0.3 is 14.7 Å². The van der Waals surface area contributed by atoms with Crippen LogP contribution < -0.4 is 4.90 Å². The summed E-state index contributed by atoms with van der Waals surface area (Å²) in [6.07, 6.45) is 1.38. The van der Waals surface area contributed by atoms with Crippen molar-refractivity contribution in [3.05, 3.63) is 60.3 Å². The van der Waals surface area contributed by atoms with Crippen LogP contribution >= 0.6 is 0 Å². The van der Waals surface area contributed by atoms with Crippen molar-refractivity contribution in [1.29, 1.82) is 0 Å². The number of piperazine rings is 1. The third kappa shape index (κ3) is 5.03. The molecule has 0 aliphatic carbocycles. The van der Waals surface area contributed by atoms with Crippen LogP contribution in [0.4, 0.5) is 5.82 Å². The number of β-amino-alcohol motifs (C(OH)–C–C–N with tert-alkyl or cyclic N) is 1. The number of ether oxygens (including phenoxy) is 1. The number of hydrogen-bond acceptors (Lipinski definition) is 5. The molecule has 1 aromatic heterocycles. The van der Waals surface area contributed by atoms with E-state index < -0.39 is 6.10 Å². The Labute approximate surface area is 143 Å². The summed E-state index contributed by atoms with van der Waals surface area (Å²) in [7, 11) is 0. The fourth-order valence-corrected chi connectivity index (χ4v) is 2.94. The number of hydrogen-bond donors (Lipinski definition) is 1. The fourth-order valence-electron chi connectivity index (χ4n) is 2.94. The molecule has 0 bridgehead atoms. The molecule has 1 saturated heterocycles. The predicted molar refractivity (Wildman–Crippen MR) is 95.0 cm³/mol. The summed E-state index contributed by atoms with van der Waals surface area (Å²) in [6.45, 7) is 5.33. The van der Waals surface area contributed by atoms with Gasteiger partial charge in [-0.15, -0.1) is 0 Å². The molecule has 2 heterocycles. The van der Waals surface area contributed by atoms with Gasteiger partial charge in [0.1, 0.15) is 5.82 Å². The molecule has 0 spiro atoms. The summed E-state index contributed by atoms with van der Waals surface area (Å²) in [5.74, 6) is 1.03. The normalized spacial score (nSPS) is 17.0. The van der Waals surface area contributed by atoms with E-state index in [4.69, 9.17) is 4.74 Å². The standard InChI is InChI=1S/C19H25N3O2/c23-18(16-24-15-17-6-2-1-3-7-17)14-21-10-12-22(13-11-21)19-8-4-5-9-20-19/h1-9,18,23H,10-16H2/t18-/m0/s1. The molecule has 1 aliphatic rings. The minimum atomic E-state index is -0.449. The maximum atomic E-state index is 10.2. The maximum Gasteiger partial charge on any atom is 0.128 e. The molecule has 0 radical (unpaired) electrons. The van der Waals surface area contributed by atoms with Crippen molar-refractivity contribution in [3.8, 4) is 0 Å². The second kappa shape index (κ2) is 8.78. The smallest absolute Gasteiger partial charge is 0.128 e. The van der Waals surface area contributed by atoms with Crippen molar-refractivity contribution in [2.24, 2.45) is 0 Å². The molecule has 1 aliphatic heterocycles. The first-order chi connectivity index (χ1) is 11.8. The SMILES string of the molecule is O[C@H](COCc1ccccc1)CN1CCN(c2ccccn2)CC1. The second-order valence-corrected chi connectivity index (χ2v) is 6.13. The Bertz CT molecular complexity index is 586. The van der Waals surface area contributed by atoms with Gasteiger partial charge in [0.2, 0.25) is 0 Å². The van der Waals surface area contributed by atoms with E-state index >= 15 is 0 Å². The molecule has 5 nitrogen and oxygen atoms in total. The van der Waals surface area contributed by atoms with Crippen LogP contribution in [-0.4, -0.2) is 60.4 Å². The van der Waals surface area contributed by atoms with E-state index in [-0.39, 0.29) is 0 Å². The van der Waals surface area contributed by atoms with Gasteiger partial charge in [0.25, 0.3) is 0 Å². The van der Waals surface area contributed by atoms with Crippen LogP contribution in [0.5, 0.6) is 0 Å². The first-order valence-corrected chi connectivity index (χ1v) is 8.49. The molecule has 3 rings (SSSR count). The van der Waals surface area contributed by atoms with Gasteiger partial charge in [-0.3, -0.25) is 4.90 Å². The van der Waals surface area contributed by atoms with E-state index in [1.165, 1.54) is 0 Å². The van der Waals surface area contributed by atoms with E-state index in [0.717, 1.165) is 37.6 Å². The summed E-state index contributed by atoms with van der Waals surface area (Å²) < 4.78 is 5.62. The van der Waals surface area contributed by atoms with Crippen molar-refractivity contribution in [2.45, 2.75) is 12.7 Å². The van der Waals surface area contributed by atoms with Crippen molar-refractivity contribution in [1.82, 2.24) is 9.88 Å². The number of anilines is 1. The van der Waals surface area contributed by atoms with Crippen LogP contribution in [0.25, 0.3) is 0 Å². The molecule has 0 amide bonds. The summed E-state index contributed by atoms with van der Waals surface area (Å²) >= 11 is 0. The summed E-state index contributed by atoms with van der Waals surface area (Å²) in [4.78, 5) is 8.97. The molecule has 1 N–H and O–H groups in total. The van der Waals surface area contributed by atoms with E-state index in [2.05, 4.69) is 14.8 Å². The molecule has 0 saturated carbocycles. The number of benzene rings is 1. The van der Waals surface area contributed by atoms with Gasteiger partial charge in [0, 0.05) is 38.9 Å². The predicted octanol–water partition coefficient (Wildman–Crippen LogP) is 1.78. The Kier molecular flexibility index (Phi) is 6.18. The molecule has 0 unspecified atom stereocenters. The van der Waals surface area contributed by atoms with Crippen LogP contribution in [0.3, 0.4) is 0 Å². The molecular formula is C19H25N3O2. The van der Waals surface area contributed by atoms with E-state index in [1.54, 1.807) is 0 Å². The van der Waals surface area contributed by atoms with E-state index in [9.17, 15) is 5.11 Å². The minimum absolute atomic E-state index is 0.370. The zero-order valence-corrected chi connectivity index (χ0v) is 13.9. The van der Waals surface area contributed by atoms with Gasteiger partial charge in [0.15, 0.2) is 0 Å². The maximum absolute atomic E-state index is 10.2. The van der Waals surface area contributed by atoms with Crippen molar-refractivity contribution in [3.63, 3.8) is 0 Å². The molecule has 128 valence electrons. The Morgan fingerprint density at radius 2 is 1.75 bits per heavy atom. The monoisotopic (exact) mass is 327 g/mol. The molecule has 24 heavy (non-hydrogen) atoms. The molecule has 5 heteroatoms. The quantitative estimate of drug-likeness (QED) is 0.840. The lowest BCUT2D eigenvalue weighted by Gasteiger charge is -2.36. The Balaban J connectivity index is 1.35. The van der Waals surface area contributed by atoms with Gasteiger partial charge in [-0.1, -0.05) is 36.4 Å². The molecule has 1 aromatic carbocycles. The van der Waals surface area contributed by atoms with Crippen LogP contribution in [-0.2, 0) is 11.3 Å². The Morgan fingerprint density at radius 1 is 1.00 bits per heavy atom. The summed E-state index contributed by atoms with van der Waals surface area (Å²) in [5.41, 5.74) is 1.13. The largest absolute Gasteiger partial charge is 0.389 e. The Morgan fingerprint density at radius 3 is 2.46 bits per heavy atom. The highest BCUT2D eigenvalue weighted by atomic mass is 16.5. The van der Waals surface area contributed by atoms with Crippen molar-refractivity contribution < 1.29 is 9.84 Å². The molecule has 1 atom stereocenters. The van der Waals surface area contributed by atoms with Gasteiger partial charge in [-0.05, 0) is 17.7 Å². The highest BCUT2D eigenvalue weighted by molar-refractivity contribution is 5.38. The number of nitrogens with zero attached hydrogens (tertiary/aromatic N) is 3. The zero-order valence-electron chi connectivity index (χ0n) is 13.9.